The standard InChI is InChI=1S/C27H25IN2O5/c1-4-33-21-9-10-23-20(13-21)14-25(35-23)27(31)30-29-15-19-11-22(28)26(24(12-19)32-3)34-16-18-7-5-17(2)6-8-18/h5-15H,4,16H2,1-3H3,(H,30,31)/b29-15+. The average molecular weight is 584 g/mol. The molecule has 0 radical (unpaired) electrons. The molecule has 4 rings (SSSR count). The van der Waals surface area contributed by atoms with Gasteiger partial charge >= 0.3 is 5.91 Å². The van der Waals surface area contributed by atoms with Crippen molar-refractivity contribution >= 4 is 45.7 Å². The largest absolute Gasteiger partial charge is 0.494 e. The Morgan fingerprint density at radius 1 is 1.09 bits per heavy atom. The van der Waals surface area contributed by atoms with Crippen LogP contribution in [0.25, 0.3) is 11.0 Å². The molecule has 0 aliphatic carbocycles. The van der Waals surface area contributed by atoms with Gasteiger partial charge in [0.2, 0.25) is 0 Å². The van der Waals surface area contributed by atoms with Crippen LogP contribution < -0.4 is 19.6 Å². The van der Waals surface area contributed by atoms with Crippen LogP contribution in [0.4, 0.5) is 0 Å². The Labute approximate surface area is 217 Å². The van der Waals surface area contributed by atoms with Crippen molar-refractivity contribution in [1.29, 1.82) is 0 Å². The van der Waals surface area contributed by atoms with Gasteiger partial charge in [-0.2, -0.15) is 5.10 Å². The molecule has 0 atom stereocenters. The summed E-state index contributed by atoms with van der Waals surface area (Å²) in [5.41, 5.74) is 6.12. The summed E-state index contributed by atoms with van der Waals surface area (Å²) in [6.45, 7) is 4.96. The summed E-state index contributed by atoms with van der Waals surface area (Å²) in [6.07, 6.45) is 1.54. The minimum absolute atomic E-state index is 0.165. The summed E-state index contributed by atoms with van der Waals surface area (Å²) >= 11 is 2.19. The van der Waals surface area contributed by atoms with E-state index in [-0.39, 0.29) is 5.76 Å². The van der Waals surface area contributed by atoms with Gasteiger partial charge in [0.05, 0.1) is 23.5 Å². The average Bonchev–Trinajstić information content (AvgIpc) is 3.28. The molecule has 0 bridgehead atoms. The number of carbonyl (C=O) groups excluding carboxylic acids is 1. The maximum absolute atomic E-state index is 12.5. The Hall–Kier alpha value is -3.53. The van der Waals surface area contributed by atoms with Crippen LogP contribution in [0.5, 0.6) is 17.2 Å². The number of ether oxygens (including phenoxy) is 3. The Kier molecular flexibility index (Phi) is 7.91. The lowest BCUT2D eigenvalue weighted by Gasteiger charge is -2.13. The number of carbonyl (C=O) groups is 1. The van der Waals surface area contributed by atoms with Gasteiger partial charge in [-0.05, 0) is 84.0 Å². The maximum atomic E-state index is 12.5. The van der Waals surface area contributed by atoms with E-state index in [4.69, 9.17) is 18.6 Å². The van der Waals surface area contributed by atoms with Crippen molar-refractivity contribution in [3.05, 3.63) is 86.7 Å². The second-order valence-electron chi connectivity index (χ2n) is 7.75. The predicted molar refractivity (Wildman–Crippen MR) is 144 cm³/mol. The molecule has 0 spiro atoms. The first kappa shape index (κ1) is 24.6. The molecule has 7 nitrogen and oxygen atoms in total. The van der Waals surface area contributed by atoms with E-state index in [2.05, 4.69) is 52.2 Å². The van der Waals surface area contributed by atoms with Gasteiger partial charge in [-0.15, -0.1) is 0 Å². The molecule has 180 valence electrons. The van der Waals surface area contributed by atoms with Crippen LogP contribution in [0.1, 0.15) is 34.2 Å². The normalized spacial score (nSPS) is 11.1. The molecule has 1 heterocycles. The van der Waals surface area contributed by atoms with Gasteiger partial charge < -0.3 is 18.6 Å². The highest BCUT2D eigenvalue weighted by molar-refractivity contribution is 14.1. The van der Waals surface area contributed by atoms with Crippen molar-refractivity contribution in [2.24, 2.45) is 5.10 Å². The van der Waals surface area contributed by atoms with Crippen LogP contribution in [0, 0.1) is 10.5 Å². The Morgan fingerprint density at radius 2 is 1.89 bits per heavy atom. The van der Waals surface area contributed by atoms with Crippen molar-refractivity contribution in [3.8, 4) is 17.2 Å². The Morgan fingerprint density at radius 3 is 2.63 bits per heavy atom. The van der Waals surface area contributed by atoms with E-state index in [1.807, 2.05) is 31.2 Å². The molecule has 1 N–H and O–H groups in total. The predicted octanol–water partition coefficient (Wildman–Crippen LogP) is 6.10. The van der Waals surface area contributed by atoms with E-state index in [0.717, 1.165) is 25.8 Å². The molecular formula is C27H25IN2O5. The molecule has 0 aliphatic heterocycles. The number of amides is 1. The zero-order chi connectivity index (χ0) is 24.8. The first-order valence-corrected chi connectivity index (χ1v) is 12.1. The van der Waals surface area contributed by atoms with Crippen LogP contribution >= 0.6 is 22.6 Å². The number of furan rings is 1. The number of hydrogen-bond donors (Lipinski definition) is 1. The topological polar surface area (TPSA) is 82.3 Å². The van der Waals surface area contributed by atoms with E-state index in [0.29, 0.717) is 30.3 Å². The molecule has 0 fully saturated rings. The maximum Gasteiger partial charge on any atom is 0.307 e. The highest BCUT2D eigenvalue weighted by atomic mass is 127. The number of aryl methyl sites for hydroxylation is 1. The zero-order valence-electron chi connectivity index (χ0n) is 19.6. The number of halogens is 1. The van der Waals surface area contributed by atoms with Gasteiger partial charge in [0.25, 0.3) is 0 Å². The molecule has 4 aromatic rings. The number of hydrogen-bond acceptors (Lipinski definition) is 6. The highest BCUT2D eigenvalue weighted by Gasteiger charge is 2.14. The molecule has 0 saturated heterocycles. The molecule has 1 aromatic heterocycles. The number of hydrazone groups is 1. The van der Waals surface area contributed by atoms with E-state index >= 15 is 0 Å². The minimum atomic E-state index is -0.449. The molecule has 3 aromatic carbocycles. The number of nitrogens with zero attached hydrogens (tertiary/aromatic N) is 1. The third-order valence-electron chi connectivity index (χ3n) is 5.16. The molecular weight excluding hydrogens is 559 g/mol. The summed E-state index contributed by atoms with van der Waals surface area (Å²) in [7, 11) is 1.59. The van der Waals surface area contributed by atoms with Crippen molar-refractivity contribution in [2.75, 3.05) is 13.7 Å². The fourth-order valence-electron chi connectivity index (χ4n) is 3.40. The number of fused-ring (bicyclic) bond motifs is 1. The second-order valence-corrected chi connectivity index (χ2v) is 8.91. The SMILES string of the molecule is CCOc1ccc2oc(C(=O)N/N=C/c3cc(I)c(OCc4ccc(C)cc4)c(OC)c3)cc2c1. The van der Waals surface area contributed by atoms with Gasteiger partial charge in [0, 0.05) is 5.39 Å². The number of methoxy groups -OCH3 is 1. The van der Waals surface area contributed by atoms with E-state index < -0.39 is 5.91 Å². The quantitative estimate of drug-likeness (QED) is 0.146. The van der Waals surface area contributed by atoms with Gasteiger partial charge in [-0.3, -0.25) is 4.79 Å². The van der Waals surface area contributed by atoms with Crippen LogP contribution in [0.2, 0.25) is 0 Å². The van der Waals surface area contributed by atoms with Gasteiger partial charge in [0.15, 0.2) is 17.3 Å². The second kappa shape index (κ2) is 11.3. The lowest BCUT2D eigenvalue weighted by atomic mass is 10.2. The third kappa shape index (κ3) is 6.13. The molecule has 0 unspecified atom stereocenters. The van der Waals surface area contributed by atoms with Crippen LogP contribution in [0.15, 0.2) is 70.2 Å². The van der Waals surface area contributed by atoms with Crippen LogP contribution in [-0.4, -0.2) is 25.8 Å². The summed E-state index contributed by atoms with van der Waals surface area (Å²) in [5, 5.41) is 4.86. The molecule has 35 heavy (non-hydrogen) atoms. The summed E-state index contributed by atoms with van der Waals surface area (Å²) in [6, 6.07) is 19.0. The smallest absolute Gasteiger partial charge is 0.307 e. The first-order valence-electron chi connectivity index (χ1n) is 11.0. The molecule has 1 amide bonds. The van der Waals surface area contributed by atoms with E-state index in [1.54, 1.807) is 37.6 Å². The highest BCUT2D eigenvalue weighted by Crippen LogP contribution is 2.34. The minimum Gasteiger partial charge on any atom is -0.494 e. The van der Waals surface area contributed by atoms with E-state index in [1.165, 1.54) is 5.56 Å². The fourth-order valence-corrected chi connectivity index (χ4v) is 4.19. The molecule has 0 aliphatic rings. The fraction of sp³-hybridized carbons (Fsp3) is 0.185. The number of benzene rings is 3. The van der Waals surface area contributed by atoms with E-state index in [9.17, 15) is 4.79 Å². The first-order chi connectivity index (χ1) is 17.0. The van der Waals surface area contributed by atoms with Crippen LogP contribution in [0.3, 0.4) is 0 Å². The number of nitrogens with one attached hydrogen (secondary N) is 1. The van der Waals surface area contributed by atoms with Crippen molar-refractivity contribution in [3.63, 3.8) is 0 Å². The summed E-state index contributed by atoms with van der Waals surface area (Å²) in [5.74, 6) is 1.68. The lowest BCUT2D eigenvalue weighted by molar-refractivity contribution is 0.0929. The van der Waals surface area contributed by atoms with Gasteiger partial charge in [0.1, 0.15) is 17.9 Å². The lowest BCUT2D eigenvalue weighted by Crippen LogP contribution is -2.16. The molecule has 8 heteroatoms. The van der Waals surface area contributed by atoms with Crippen LogP contribution in [-0.2, 0) is 6.61 Å². The molecule has 0 saturated carbocycles. The van der Waals surface area contributed by atoms with Crippen molar-refractivity contribution in [2.45, 2.75) is 20.5 Å². The van der Waals surface area contributed by atoms with Crippen molar-refractivity contribution < 1.29 is 23.4 Å². The third-order valence-corrected chi connectivity index (χ3v) is 5.96. The van der Waals surface area contributed by atoms with Crippen molar-refractivity contribution in [1.82, 2.24) is 5.43 Å². The van der Waals surface area contributed by atoms with Gasteiger partial charge in [-0.1, -0.05) is 29.8 Å². The Bertz CT molecular complexity index is 1360. The van der Waals surface area contributed by atoms with Gasteiger partial charge in [-0.25, -0.2) is 5.43 Å². The summed E-state index contributed by atoms with van der Waals surface area (Å²) in [4.78, 5) is 12.5. The monoisotopic (exact) mass is 584 g/mol. The number of rotatable bonds is 9. The summed E-state index contributed by atoms with van der Waals surface area (Å²) < 4.78 is 23.5. The Balaban J connectivity index is 1.42. The zero-order valence-corrected chi connectivity index (χ0v) is 21.8.